The molecule has 200 valence electrons. The zero-order valence-electron chi connectivity index (χ0n) is 21.1. The molecule has 3 heterocycles. The van der Waals surface area contributed by atoms with Crippen molar-refractivity contribution >= 4 is 40.3 Å². The van der Waals surface area contributed by atoms with E-state index in [1.165, 1.54) is 12.1 Å². The largest absolute Gasteiger partial charge is 0.484 e. The maximum absolute atomic E-state index is 13.5. The second kappa shape index (κ2) is 11.6. The van der Waals surface area contributed by atoms with Crippen molar-refractivity contribution in [3.63, 3.8) is 0 Å². The van der Waals surface area contributed by atoms with Crippen molar-refractivity contribution < 1.29 is 23.5 Å². The second-order valence-corrected chi connectivity index (χ2v) is 9.21. The predicted octanol–water partition coefficient (Wildman–Crippen LogP) is 4.39. The third-order valence-electron chi connectivity index (χ3n) is 6.23. The first kappa shape index (κ1) is 26.3. The SMILES string of the molecule is CCOC(=O)c1nc(N2CCN(C(=O)COc3ccc(Cl)cc3)CC2)c2nc(-c3ccc(F)cc3)ccc2n1. The van der Waals surface area contributed by atoms with Crippen molar-refractivity contribution in [1.82, 2.24) is 19.9 Å². The number of nitrogens with zero attached hydrogens (tertiary/aromatic N) is 5. The fraction of sp³-hybridized carbons (Fsp3) is 0.250. The standard InChI is InChI=1S/C28H25ClFN5O4/c1-2-38-28(37)26-32-23-12-11-22(18-3-7-20(30)8-4-18)31-25(23)27(33-26)35-15-13-34(14-16-35)24(36)17-39-21-9-5-19(29)6-10-21/h3-12H,2,13-17H2,1H3. The summed E-state index contributed by atoms with van der Waals surface area (Å²) in [7, 11) is 0. The maximum atomic E-state index is 13.5. The molecule has 4 aromatic rings. The number of hydrogen-bond donors (Lipinski definition) is 0. The number of rotatable bonds is 7. The summed E-state index contributed by atoms with van der Waals surface area (Å²) in [4.78, 5) is 42.6. The first-order valence-corrected chi connectivity index (χ1v) is 12.8. The van der Waals surface area contributed by atoms with Crippen LogP contribution in [0.3, 0.4) is 0 Å². The molecule has 0 aliphatic carbocycles. The minimum atomic E-state index is -0.628. The Kier molecular flexibility index (Phi) is 7.83. The maximum Gasteiger partial charge on any atom is 0.376 e. The Morgan fingerprint density at radius 2 is 1.64 bits per heavy atom. The lowest BCUT2D eigenvalue weighted by Gasteiger charge is -2.35. The molecular formula is C28H25ClFN5O4. The van der Waals surface area contributed by atoms with E-state index in [2.05, 4.69) is 9.97 Å². The van der Waals surface area contributed by atoms with Crippen molar-refractivity contribution in [2.75, 3.05) is 44.3 Å². The van der Waals surface area contributed by atoms with Crippen LogP contribution < -0.4 is 9.64 Å². The lowest BCUT2D eigenvalue weighted by Crippen LogP contribution is -2.50. The highest BCUT2D eigenvalue weighted by atomic mass is 35.5. The van der Waals surface area contributed by atoms with Crippen LogP contribution in [0.5, 0.6) is 5.75 Å². The van der Waals surface area contributed by atoms with Gasteiger partial charge < -0.3 is 19.3 Å². The van der Waals surface area contributed by atoms with Gasteiger partial charge in [-0.1, -0.05) is 11.6 Å². The van der Waals surface area contributed by atoms with E-state index >= 15 is 0 Å². The number of pyridine rings is 1. The van der Waals surface area contributed by atoms with Crippen molar-refractivity contribution in [2.45, 2.75) is 6.92 Å². The van der Waals surface area contributed by atoms with Crippen LogP contribution in [0, 0.1) is 5.82 Å². The van der Waals surface area contributed by atoms with Crippen LogP contribution in [0.15, 0.2) is 60.7 Å². The number of ether oxygens (including phenoxy) is 2. The smallest absolute Gasteiger partial charge is 0.376 e. The van der Waals surface area contributed by atoms with Gasteiger partial charge in [0.15, 0.2) is 12.4 Å². The molecule has 1 amide bonds. The van der Waals surface area contributed by atoms with E-state index in [0.717, 1.165) is 5.56 Å². The molecule has 0 bridgehead atoms. The molecule has 39 heavy (non-hydrogen) atoms. The number of esters is 1. The second-order valence-electron chi connectivity index (χ2n) is 8.77. The number of amides is 1. The third-order valence-corrected chi connectivity index (χ3v) is 6.48. The molecule has 5 rings (SSSR count). The van der Waals surface area contributed by atoms with Gasteiger partial charge in [-0.25, -0.2) is 24.1 Å². The lowest BCUT2D eigenvalue weighted by atomic mass is 10.1. The molecule has 1 fully saturated rings. The molecule has 1 saturated heterocycles. The number of carbonyl (C=O) groups is 2. The summed E-state index contributed by atoms with van der Waals surface area (Å²) in [6.45, 7) is 3.60. The number of benzene rings is 2. The van der Waals surface area contributed by atoms with Crippen LogP contribution >= 0.6 is 11.6 Å². The highest BCUT2D eigenvalue weighted by Crippen LogP contribution is 2.27. The fourth-order valence-corrected chi connectivity index (χ4v) is 4.35. The first-order chi connectivity index (χ1) is 18.9. The summed E-state index contributed by atoms with van der Waals surface area (Å²) in [5.74, 6) is -0.137. The number of anilines is 1. The quantitative estimate of drug-likeness (QED) is 0.313. The van der Waals surface area contributed by atoms with Gasteiger partial charge in [-0.05, 0) is 67.6 Å². The highest BCUT2D eigenvalue weighted by molar-refractivity contribution is 6.30. The topological polar surface area (TPSA) is 97.8 Å². The van der Waals surface area contributed by atoms with E-state index < -0.39 is 5.97 Å². The molecule has 0 N–H and O–H groups in total. The van der Waals surface area contributed by atoms with Gasteiger partial charge in [0.2, 0.25) is 5.82 Å². The Labute approximate surface area is 229 Å². The molecule has 0 radical (unpaired) electrons. The Bertz CT molecular complexity index is 1490. The average molecular weight is 550 g/mol. The minimum absolute atomic E-state index is 0.0643. The predicted molar refractivity (Wildman–Crippen MR) is 144 cm³/mol. The Morgan fingerprint density at radius 1 is 0.923 bits per heavy atom. The van der Waals surface area contributed by atoms with Gasteiger partial charge in [0.25, 0.3) is 5.91 Å². The van der Waals surface area contributed by atoms with Crippen LogP contribution in [0.2, 0.25) is 5.02 Å². The molecule has 1 aliphatic heterocycles. The van der Waals surface area contributed by atoms with Crippen molar-refractivity contribution in [1.29, 1.82) is 0 Å². The van der Waals surface area contributed by atoms with Crippen LogP contribution in [0.25, 0.3) is 22.3 Å². The normalized spacial score (nSPS) is 13.4. The Morgan fingerprint density at radius 3 is 2.33 bits per heavy atom. The number of hydrogen-bond acceptors (Lipinski definition) is 8. The molecule has 0 saturated carbocycles. The van der Waals surface area contributed by atoms with Gasteiger partial charge in [-0.2, -0.15) is 0 Å². The third kappa shape index (κ3) is 6.06. The van der Waals surface area contributed by atoms with E-state index in [1.807, 2.05) is 4.90 Å². The molecule has 0 unspecified atom stereocenters. The Hall–Kier alpha value is -4.31. The van der Waals surface area contributed by atoms with Gasteiger partial charge in [-0.15, -0.1) is 0 Å². The molecular weight excluding hydrogens is 525 g/mol. The lowest BCUT2D eigenvalue weighted by molar-refractivity contribution is -0.133. The van der Waals surface area contributed by atoms with Crippen LogP contribution in [-0.4, -0.2) is 71.1 Å². The molecule has 0 spiro atoms. The summed E-state index contributed by atoms with van der Waals surface area (Å²) in [5, 5.41) is 0.590. The monoisotopic (exact) mass is 549 g/mol. The van der Waals surface area contributed by atoms with E-state index in [9.17, 15) is 14.0 Å². The molecule has 9 nitrogen and oxygen atoms in total. The van der Waals surface area contributed by atoms with Crippen LogP contribution in [0.4, 0.5) is 10.2 Å². The van der Waals surface area contributed by atoms with Gasteiger partial charge >= 0.3 is 5.97 Å². The Balaban J connectivity index is 1.37. The fourth-order valence-electron chi connectivity index (χ4n) is 4.22. The number of piperazine rings is 1. The highest BCUT2D eigenvalue weighted by Gasteiger charge is 2.26. The zero-order valence-corrected chi connectivity index (χ0v) is 21.9. The molecule has 2 aromatic heterocycles. The average Bonchev–Trinajstić information content (AvgIpc) is 2.96. The number of halogens is 2. The number of aromatic nitrogens is 3. The van der Waals surface area contributed by atoms with E-state index in [0.29, 0.717) is 59.5 Å². The summed E-state index contributed by atoms with van der Waals surface area (Å²) >= 11 is 5.90. The van der Waals surface area contributed by atoms with E-state index in [-0.39, 0.29) is 30.8 Å². The number of carbonyl (C=O) groups excluding carboxylic acids is 2. The van der Waals surface area contributed by atoms with Gasteiger partial charge in [0.05, 0.1) is 17.8 Å². The van der Waals surface area contributed by atoms with Gasteiger partial charge in [-0.3, -0.25) is 4.79 Å². The molecule has 1 aliphatic rings. The first-order valence-electron chi connectivity index (χ1n) is 12.4. The molecule has 11 heteroatoms. The number of fused-ring (bicyclic) bond motifs is 1. The molecule has 0 atom stereocenters. The van der Waals surface area contributed by atoms with Crippen molar-refractivity contribution in [2.24, 2.45) is 0 Å². The van der Waals surface area contributed by atoms with E-state index in [1.54, 1.807) is 60.4 Å². The van der Waals surface area contributed by atoms with E-state index in [4.69, 9.17) is 26.1 Å². The zero-order chi connectivity index (χ0) is 27.4. The summed E-state index contributed by atoms with van der Waals surface area (Å²) < 4.78 is 24.2. The van der Waals surface area contributed by atoms with Gasteiger partial charge in [0.1, 0.15) is 17.1 Å². The van der Waals surface area contributed by atoms with Crippen molar-refractivity contribution in [3.05, 3.63) is 77.3 Å². The summed E-state index contributed by atoms with van der Waals surface area (Å²) in [5.41, 5.74) is 2.32. The van der Waals surface area contributed by atoms with Crippen molar-refractivity contribution in [3.8, 4) is 17.0 Å². The minimum Gasteiger partial charge on any atom is -0.484 e. The summed E-state index contributed by atoms with van der Waals surface area (Å²) in [6, 6.07) is 16.4. The molecule has 2 aromatic carbocycles. The summed E-state index contributed by atoms with van der Waals surface area (Å²) in [6.07, 6.45) is 0. The van der Waals surface area contributed by atoms with Crippen LogP contribution in [0.1, 0.15) is 17.5 Å². The van der Waals surface area contributed by atoms with Crippen LogP contribution in [-0.2, 0) is 9.53 Å². The van der Waals surface area contributed by atoms with Gasteiger partial charge in [0, 0.05) is 36.8 Å².